The van der Waals surface area contributed by atoms with E-state index in [9.17, 15) is 18.0 Å². The summed E-state index contributed by atoms with van der Waals surface area (Å²) in [5.74, 6) is 0.252. The molecule has 33 heavy (non-hydrogen) atoms. The second kappa shape index (κ2) is 9.14. The molecule has 4 aromatic rings. The average molecular weight is 472 g/mol. The van der Waals surface area contributed by atoms with E-state index in [1.54, 1.807) is 35.3 Å². The van der Waals surface area contributed by atoms with E-state index in [1.807, 2.05) is 19.9 Å². The molecule has 0 unspecified atom stereocenters. The minimum atomic E-state index is -4.39. The fourth-order valence-electron chi connectivity index (χ4n) is 3.42. The number of carbonyl (C=O) groups is 1. The van der Waals surface area contributed by atoms with Gasteiger partial charge < -0.3 is 0 Å². The normalized spacial score (nSPS) is 11.7. The average Bonchev–Trinajstić information content (AvgIpc) is 3.41. The molecule has 0 saturated heterocycles. The zero-order valence-electron chi connectivity index (χ0n) is 17.8. The Bertz CT molecular complexity index is 1260. The molecule has 4 rings (SSSR count). The van der Waals surface area contributed by atoms with Crippen molar-refractivity contribution in [3.63, 3.8) is 0 Å². The number of aromatic nitrogens is 4. The minimum absolute atomic E-state index is 0.00280. The lowest BCUT2D eigenvalue weighted by Crippen LogP contribution is -2.15. The van der Waals surface area contributed by atoms with Crippen LogP contribution in [0.5, 0.6) is 0 Å². The molecule has 1 aromatic carbocycles. The van der Waals surface area contributed by atoms with Crippen LogP contribution in [0.3, 0.4) is 0 Å². The lowest BCUT2D eigenvalue weighted by Gasteiger charge is -2.11. The molecule has 0 saturated carbocycles. The summed E-state index contributed by atoms with van der Waals surface area (Å²) in [6.45, 7) is 3.92. The zero-order valence-corrected chi connectivity index (χ0v) is 18.6. The summed E-state index contributed by atoms with van der Waals surface area (Å²) in [6.07, 6.45) is 0.600. The smallest absolute Gasteiger partial charge is 0.298 e. The van der Waals surface area contributed by atoms with Crippen molar-refractivity contribution >= 4 is 22.4 Å². The molecular weight excluding hydrogens is 451 g/mol. The van der Waals surface area contributed by atoms with Crippen LogP contribution in [-0.2, 0) is 12.6 Å². The van der Waals surface area contributed by atoms with E-state index in [1.165, 1.54) is 23.6 Å². The number of hydrogen-bond donors (Lipinski definition) is 1. The molecule has 3 heterocycles. The Kier molecular flexibility index (Phi) is 6.28. The highest BCUT2D eigenvalue weighted by atomic mass is 32.1. The molecular formula is C23H20F3N5OS. The standard InChI is InChI=1S/C23H20F3N5OS/c1-14(2)20-18(13-29-31(20)19-8-3-4-9-27-19)21(32)30-22-28-12-17(33-22)11-15-6-5-7-16(10-15)23(24,25)26/h3-10,12-14H,11H2,1-2H3,(H,28,30,32). The maximum atomic E-state index is 13.0. The molecule has 170 valence electrons. The Morgan fingerprint density at radius 1 is 1.12 bits per heavy atom. The summed E-state index contributed by atoms with van der Waals surface area (Å²) in [6, 6.07) is 10.6. The third kappa shape index (κ3) is 5.11. The summed E-state index contributed by atoms with van der Waals surface area (Å²) in [5.41, 5.74) is 0.950. The van der Waals surface area contributed by atoms with Crippen molar-refractivity contribution < 1.29 is 18.0 Å². The first-order valence-electron chi connectivity index (χ1n) is 10.1. The summed E-state index contributed by atoms with van der Waals surface area (Å²) in [7, 11) is 0. The van der Waals surface area contributed by atoms with Crippen LogP contribution in [0.15, 0.2) is 61.1 Å². The van der Waals surface area contributed by atoms with Crippen molar-refractivity contribution in [2.75, 3.05) is 5.32 Å². The lowest BCUT2D eigenvalue weighted by atomic mass is 10.1. The lowest BCUT2D eigenvalue weighted by molar-refractivity contribution is -0.137. The van der Waals surface area contributed by atoms with Crippen LogP contribution in [-0.4, -0.2) is 25.7 Å². The van der Waals surface area contributed by atoms with Gasteiger partial charge in [0.1, 0.15) is 0 Å². The van der Waals surface area contributed by atoms with Gasteiger partial charge in [0, 0.05) is 23.7 Å². The van der Waals surface area contributed by atoms with E-state index < -0.39 is 11.7 Å². The van der Waals surface area contributed by atoms with Crippen molar-refractivity contribution in [2.45, 2.75) is 32.4 Å². The summed E-state index contributed by atoms with van der Waals surface area (Å²) in [4.78, 5) is 22.2. The fourth-order valence-corrected chi connectivity index (χ4v) is 4.26. The number of pyridine rings is 1. The van der Waals surface area contributed by atoms with Crippen LogP contribution < -0.4 is 5.32 Å². The fraction of sp³-hybridized carbons (Fsp3) is 0.217. The molecule has 0 aliphatic heterocycles. The number of thiazole rings is 1. The van der Waals surface area contributed by atoms with E-state index >= 15 is 0 Å². The van der Waals surface area contributed by atoms with Crippen molar-refractivity contribution in [2.24, 2.45) is 0 Å². The molecule has 1 N–H and O–H groups in total. The van der Waals surface area contributed by atoms with Crippen LogP contribution in [0.4, 0.5) is 18.3 Å². The molecule has 10 heteroatoms. The van der Waals surface area contributed by atoms with E-state index in [4.69, 9.17) is 0 Å². The Morgan fingerprint density at radius 3 is 2.64 bits per heavy atom. The summed E-state index contributed by atoms with van der Waals surface area (Å²) >= 11 is 1.22. The molecule has 0 spiro atoms. The van der Waals surface area contributed by atoms with E-state index in [2.05, 4.69) is 20.4 Å². The first-order valence-corrected chi connectivity index (χ1v) is 11.0. The Balaban J connectivity index is 1.51. The number of benzene rings is 1. The third-order valence-corrected chi connectivity index (χ3v) is 5.78. The van der Waals surface area contributed by atoms with Gasteiger partial charge in [0.15, 0.2) is 10.9 Å². The van der Waals surface area contributed by atoms with Gasteiger partial charge in [-0.15, -0.1) is 11.3 Å². The van der Waals surface area contributed by atoms with E-state index in [0.29, 0.717) is 27.8 Å². The predicted octanol–water partition coefficient (Wildman–Crippen LogP) is 5.71. The number of rotatable bonds is 6. The van der Waals surface area contributed by atoms with Crippen LogP contribution in [0.25, 0.3) is 5.82 Å². The summed E-state index contributed by atoms with van der Waals surface area (Å²) in [5, 5.41) is 7.48. The van der Waals surface area contributed by atoms with Gasteiger partial charge >= 0.3 is 6.18 Å². The van der Waals surface area contributed by atoms with Gasteiger partial charge in [-0.2, -0.15) is 18.3 Å². The number of hydrogen-bond acceptors (Lipinski definition) is 5. The van der Waals surface area contributed by atoms with Crippen LogP contribution >= 0.6 is 11.3 Å². The molecule has 1 amide bonds. The highest BCUT2D eigenvalue weighted by molar-refractivity contribution is 7.15. The number of alkyl halides is 3. The SMILES string of the molecule is CC(C)c1c(C(=O)Nc2ncc(Cc3cccc(C(F)(F)F)c3)s2)cnn1-c1ccccn1. The largest absolute Gasteiger partial charge is 0.416 e. The van der Waals surface area contributed by atoms with Gasteiger partial charge in [-0.25, -0.2) is 14.6 Å². The second-order valence-electron chi connectivity index (χ2n) is 7.66. The van der Waals surface area contributed by atoms with Gasteiger partial charge in [0.05, 0.1) is 23.0 Å². The molecule has 0 aliphatic rings. The van der Waals surface area contributed by atoms with Crippen molar-refractivity contribution in [3.8, 4) is 5.82 Å². The van der Waals surface area contributed by atoms with Crippen molar-refractivity contribution in [3.05, 3.63) is 88.3 Å². The van der Waals surface area contributed by atoms with Crippen LogP contribution in [0.2, 0.25) is 0 Å². The molecule has 0 radical (unpaired) electrons. The van der Waals surface area contributed by atoms with Crippen LogP contribution in [0, 0.1) is 0 Å². The number of halogens is 3. The first-order chi connectivity index (χ1) is 15.7. The van der Waals surface area contributed by atoms with E-state index in [0.717, 1.165) is 17.0 Å². The topological polar surface area (TPSA) is 72.7 Å². The molecule has 0 atom stereocenters. The monoisotopic (exact) mass is 471 g/mol. The second-order valence-corrected chi connectivity index (χ2v) is 8.77. The molecule has 0 bridgehead atoms. The van der Waals surface area contributed by atoms with E-state index in [-0.39, 0.29) is 18.2 Å². The maximum Gasteiger partial charge on any atom is 0.416 e. The van der Waals surface area contributed by atoms with Crippen molar-refractivity contribution in [1.82, 2.24) is 19.7 Å². The quantitative estimate of drug-likeness (QED) is 0.391. The van der Waals surface area contributed by atoms with Crippen LogP contribution in [0.1, 0.15) is 51.8 Å². The number of anilines is 1. The van der Waals surface area contributed by atoms with Gasteiger partial charge in [0.25, 0.3) is 5.91 Å². The molecule has 0 aliphatic carbocycles. The van der Waals surface area contributed by atoms with Gasteiger partial charge in [-0.3, -0.25) is 10.1 Å². The zero-order chi connectivity index (χ0) is 23.6. The minimum Gasteiger partial charge on any atom is -0.298 e. The third-order valence-electron chi connectivity index (χ3n) is 4.87. The number of nitrogens with one attached hydrogen (secondary N) is 1. The number of amides is 1. The predicted molar refractivity (Wildman–Crippen MR) is 120 cm³/mol. The number of nitrogens with zero attached hydrogens (tertiary/aromatic N) is 4. The first kappa shape index (κ1) is 22.7. The van der Waals surface area contributed by atoms with Crippen molar-refractivity contribution in [1.29, 1.82) is 0 Å². The summed E-state index contributed by atoms with van der Waals surface area (Å²) < 4.78 is 40.5. The Hall–Kier alpha value is -3.53. The van der Waals surface area contributed by atoms with Gasteiger partial charge in [-0.05, 0) is 29.7 Å². The molecule has 0 fully saturated rings. The highest BCUT2D eigenvalue weighted by Crippen LogP contribution is 2.31. The molecule has 6 nitrogen and oxygen atoms in total. The number of carbonyl (C=O) groups excluding carboxylic acids is 1. The van der Waals surface area contributed by atoms with Gasteiger partial charge in [0.2, 0.25) is 0 Å². The Labute approximate surface area is 192 Å². The molecule has 3 aromatic heterocycles. The highest BCUT2D eigenvalue weighted by Gasteiger charge is 2.30. The Morgan fingerprint density at radius 2 is 1.94 bits per heavy atom. The van der Waals surface area contributed by atoms with Gasteiger partial charge in [-0.1, -0.05) is 38.1 Å². The maximum absolute atomic E-state index is 13.0.